The molecule has 1 aliphatic heterocycles. The fraction of sp³-hybridized carbons (Fsp3) is 0.769. The predicted octanol–water partition coefficient (Wildman–Crippen LogP) is 0.588. The molecule has 0 unspecified atom stereocenters. The second kappa shape index (κ2) is 8.58. The van der Waals surface area contributed by atoms with Gasteiger partial charge in [0.1, 0.15) is 0 Å². The van der Waals surface area contributed by atoms with Crippen molar-refractivity contribution in [2.24, 2.45) is 0 Å². The van der Waals surface area contributed by atoms with E-state index in [4.69, 9.17) is 9.47 Å². The van der Waals surface area contributed by atoms with Gasteiger partial charge < -0.3 is 25.0 Å². The Morgan fingerprint density at radius 1 is 1.19 bits per heavy atom. The minimum absolute atomic E-state index is 0.568. The van der Waals surface area contributed by atoms with Gasteiger partial charge in [-0.05, 0) is 13.3 Å². The van der Waals surface area contributed by atoms with Gasteiger partial charge in [0.15, 0.2) is 0 Å². The van der Waals surface area contributed by atoms with E-state index in [-0.39, 0.29) is 0 Å². The van der Waals surface area contributed by atoms with Crippen molar-refractivity contribution >= 4 is 17.8 Å². The largest absolute Gasteiger partial charge is 0.382 e. The molecule has 0 atom stereocenters. The van der Waals surface area contributed by atoms with E-state index >= 15 is 0 Å². The van der Waals surface area contributed by atoms with Crippen LogP contribution < -0.4 is 15.5 Å². The summed E-state index contributed by atoms with van der Waals surface area (Å²) in [5.74, 6) is 1.84. The third kappa shape index (κ3) is 4.98. The van der Waals surface area contributed by atoms with Gasteiger partial charge in [-0.2, -0.15) is 15.0 Å². The molecule has 0 spiro atoms. The molecule has 21 heavy (non-hydrogen) atoms. The summed E-state index contributed by atoms with van der Waals surface area (Å²) in [6, 6.07) is 0. The maximum absolute atomic E-state index is 5.35. The highest BCUT2D eigenvalue weighted by atomic mass is 16.5. The van der Waals surface area contributed by atoms with Crippen molar-refractivity contribution in [1.82, 2.24) is 15.0 Å². The summed E-state index contributed by atoms with van der Waals surface area (Å²) in [5, 5.41) is 6.19. The lowest BCUT2D eigenvalue weighted by molar-refractivity contribution is 0.122. The first kappa shape index (κ1) is 15.7. The molecule has 1 aromatic heterocycles. The fourth-order valence-corrected chi connectivity index (χ4v) is 1.98. The smallest absolute Gasteiger partial charge is 0.232 e. The Labute approximate surface area is 125 Å². The van der Waals surface area contributed by atoms with Gasteiger partial charge in [-0.1, -0.05) is 0 Å². The van der Waals surface area contributed by atoms with Gasteiger partial charge in [-0.3, -0.25) is 0 Å². The minimum Gasteiger partial charge on any atom is -0.382 e. The molecule has 0 bridgehead atoms. The van der Waals surface area contributed by atoms with Crippen molar-refractivity contribution in [3.8, 4) is 0 Å². The van der Waals surface area contributed by atoms with Gasteiger partial charge in [0, 0.05) is 39.9 Å². The molecule has 8 heteroatoms. The van der Waals surface area contributed by atoms with Crippen molar-refractivity contribution in [2.45, 2.75) is 13.3 Å². The molecule has 0 amide bonds. The average molecular weight is 296 g/mol. The van der Waals surface area contributed by atoms with Gasteiger partial charge in [-0.15, -0.1) is 0 Å². The SMILES string of the molecule is CCOCCCNc1nc(NC)nc(N2CCOCC2)n1. The van der Waals surface area contributed by atoms with E-state index in [0.717, 1.165) is 39.3 Å². The Kier molecular flexibility index (Phi) is 6.42. The van der Waals surface area contributed by atoms with E-state index in [1.54, 1.807) is 7.05 Å². The number of rotatable bonds is 8. The zero-order valence-corrected chi connectivity index (χ0v) is 12.8. The molecule has 1 aliphatic rings. The molecule has 1 aromatic rings. The predicted molar refractivity (Wildman–Crippen MR) is 82.0 cm³/mol. The van der Waals surface area contributed by atoms with Gasteiger partial charge >= 0.3 is 0 Å². The Balaban J connectivity index is 1.96. The van der Waals surface area contributed by atoms with E-state index < -0.39 is 0 Å². The van der Waals surface area contributed by atoms with Crippen molar-refractivity contribution in [3.63, 3.8) is 0 Å². The van der Waals surface area contributed by atoms with E-state index in [9.17, 15) is 0 Å². The van der Waals surface area contributed by atoms with E-state index in [1.165, 1.54) is 0 Å². The van der Waals surface area contributed by atoms with Crippen LogP contribution in [0.1, 0.15) is 13.3 Å². The molecular formula is C13H24N6O2. The van der Waals surface area contributed by atoms with Crippen molar-refractivity contribution in [3.05, 3.63) is 0 Å². The molecule has 8 nitrogen and oxygen atoms in total. The molecule has 2 rings (SSSR count). The lowest BCUT2D eigenvalue weighted by atomic mass is 10.4. The summed E-state index contributed by atoms with van der Waals surface area (Å²) in [6.07, 6.45) is 0.918. The first-order valence-corrected chi connectivity index (χ1v) is 7.41. The second-order valence-electron chi connectivity index (χ2n) is 4.61. The Bertz CT molecular complexity index is 425. The third-order valence-corrected chi connectivity index (χ3v) is 3.09. The lowest BCUT2D eigenvalue weighted by Crippen LogP contribution is -2.37. The number of morpholine rings is 1. The van der Waals surface area contributed by atoms with Gasteiger partial charge in [0.05, 0.1) is 13.2 Å². The number of aromatic nitrogens is 3. The number of ether oxygens (including phenoxy) is 2. The molecule has 1 fully saturated rings. The molecule has 0 aliphatic carbocycles. The van der Waals surface area contributed by atoms with Crippen LogP contribution in [0.4, 0.5) is 17.8 Å². The van der Waals surface area contributed by atoms with Crippen LogP contribution in [0.2, 0.25) is 0 Å². The summed E-state index contributed by atoms with van der Waals surface area (Å²) in [4.78, 5) is 15.3. The Hall–Kier alpha value is -1.67. The number of hydrogen-bond acceptors (Lipinski definition) is 8. The van der Waals surface area contributed by atoms with Crippen LogP contribution >= 0.6 is 0 Å². The minimum atomic E-state index is 0.568. The van der Waals surface area contributed by atoms with Gasteiger partial charge in [0.25, 0.3) is 0 Å². The molecule has 118 valence electrons. The van der Waals surface area contributed by atoms with Crippen molar-refractivity contribution in [2.75, 3.05) is 68.6 Å². The fourth-order valence-electron chi connectivity index (χ4n) is 1.98. The molecule has 0 radical (unpaired) electrons. The summed E-state index contributed by atoms with van der Waals surface area (Å²) in [5.41, 5.74) is 0. The lowest BCUT2D eigenvalue weighted by Gasteiger charge is -2.27. The van der Waals surface area contributed by atoms with Crippen LogP contribution in [-0.2, 0) is 9.47 Å². The van der Waals surface area contributed by atoms with E-state index in [1.807, 2.05) is 6.92 Å². The number of nitrogens with zero attached hydrogens (tertiary/aromatic N) is 4. The number of nitrogens with one attached hydrogen (secondary N) is 2. The average Bonchev–Trinajstić information content (AvgIpc) is 2.55. The number of anilines is 3. The van der Waals surface area contributed by atoms with Crippen LogP contribution in [0.15, 0.2) is 0 Å². The van der Waals surface area contributed by atoms with Crippen molar-refractivity contribution < 1.29 is 9.47 Å². The number of hydrogen-bond donors (Lipinski definition) is 2. The Morgan fingerprint density at radius 3 is 2.67 bits per heavy atom. The maximum atomic E-state index is 5.35. The highest BCUT2D eigenvalue weighted by Crippen LogP contribution is 2.14. The highest BCUT2D eigenvalue weighted by Gasteiger charge is 2.16. The molecular weight excluding hydrogens is 272 g/mol. The molecule has 1 saturated heterocycles. The van der Waals surface area contributed by atoms with Crippen LogP contribution in [0.5, 0.6) is 0 Å². The van der Waals surface area contributed by atoms with Crippen molar-refractivity contribution in [1.29, 1.82) is 0 Å². The monoisotopic (exact) mass is 296 g/mol. The van der Waals surface area contributed by atoms with Gasteiger partial charge in [-0.25, -0.2) is 0 Å². The molecule has 2 N–H and O–H groups in total. The summed E-state index contributed by atoms with van der Waals surface area (Å²) in [6.45, 7) is 7.27. The molecule has 0 saturated carbocycles. The van der Waals surface area contributed by atoms with Gasteiger partial charge in [0.2, 0.25) is 17.8 Å². The van der Waals surface area contributed by atoms with Crippen LogP contribution in [0.3, 0.4) is 0 Å². The van der Waals surface area contributed by atoms with Crippen LogP contribution in [-0.4, -0.2) is 68.1 Å². The Morgan fingerprint density at radius 2 is 1.95 bits per heavy atom. The standard InChI is InChI=1S/C13H24N6O2/c1-3-20-8-4-5-15-12-16-11(14-2)17-13(18-12)19-6-9-21-10-7-19/h3-10H2,1-2H3,(H2,14,15,16,17,18). The van der Waals surface area contributed by atoms with Crippen LogP contribution in [0, 0.1) is 0 Å². The molecule has 0 aromatic carbocycles. The second-order valence-corrected chi connectivity index (χ2v) is 4.61. The highest BCUT2D eigenvalue weighted by molar-refractivity contribution is 5.43. The summed E-state index contributed by atoms with van der Waals surface area (Å²) < 4.78 is 10.7. The maximum Gasteiger partial charge on any atom is 0.232 e. The topological polar surface area (TPSA) is 84.4 Å². The third-order valence-electron chi connectivity index (χ3n) is 3.09. The summed E-state index contributed by atoms with van der Waals surface area (Å²) >= 11 is 0. The normalized spacial score (nSPS) is 15.0. The van der Waals surface area contributed by atoms with E-state index in [0.29, 0.717) is 31.1 Å². The molecule has 2 heterocycles. The zero-order valence-electron chi connectivity index (χ0n) is 12.8. The zero-order chi connectivity index (χ0) is 14.9. The first-order valence-electron chi connectivity index (χ1n) is 7.41. The summed E-state index contributed by atoms with van der Waals surface area (Å²) in [7, 11) is 1.80. The van der Waals surface area contributed by atoms with E-state index in [2.05, 4.69) is 30.5 Å². The first-order chi connectivity index (χ1) is 10.3. The van der Waals surface area contributed by atoms with Crippen LogP contribution in [0.25, 0.3) is 0 Å². The quantitative estimate of drug-likeness (QED) is 0.674.